The number of carbonyl (C=O) groups is 2. The largest absolute Gasteiger partial charge is 0.299 e. The van der Waals surface area contributed by atoms with Crippen molar-refractivity contribution in [2.45, 2.75) is 39.5 Å². The minimum Gasteiger partial charge on any atom is -0.299 e. The molecule has 0 aromatic heterocycles. The molecule has 0 heterocycles. The average Bonchev–Trinajstić information content (AvgIpc) is 2.35. The molecule has 5 nitrogen and oxygen atoms in total. The van der Waals surface area contributed by atoms with Gasteiger partial charge in [-0.1, -0.05) is 43.7 Å². The molecule has 1 fully saturated rings. The maximum Gasteiger partial charge on any atom is 0.211 e. The number of nitrogens with zero attached hydrogens (tertiary/aromatic N) is 1. The zero-order chi connectivity index (χ0) is 16.5. The summed E-state index contributed by atoms with van der Waals surface area (Å²) >= 11 is 0. The van der Waals surface area contributed by atoms with Crippen molar-refractivity contribution in [1.82, 2.24) is 0 Å². The molecule has 1 aliphatic rings. The molecule has 1 atom stereocenters. The topological polar surface area (TPSA) is 77.3 Å². The van der Waals surface area contributed by atoms with Crippen LogP contribution in [0.1, 0.15) is 43.7 Å². The minimum atomic E-state index is -0.888. The van der Waals surface area contributed by atoms with Gasteiger partial charge in [0.25, 0.3) is 0 Å². The average molecular weight is 303 g/mol. The summed E-state index contributed by atoms with van der Waals surface area (Å²) in [6.45, 7) is 5.29. The fourth-order valence-corrected chi connectivity index (χ4v) is 3.23. The molecule has 22 heavy (non-hydrogen) atoms. The smallest absolute Gasteiger partial charge is 0.211 e. The van der Waals surface area contributed by atoms with Crippen LogP contribution in [-0.4, -0.2) is 23.0 Å². The van der Waals surface area contributed by atoms with Crippen LogP contribution in [0.3, 0.4) is 0 Å². The molecular formula is C17H21NO4. The van der Waals surface area contributed by atoms with Crippen LogP contribution in [0.2, 0.25) is 0 Å². The summed E-state index contributed by atoms with van der Waals surface area (Å²) in [5.41, 5.74) is 1.37. The van der Waals surface area contributed by atoms with Crippen molar-refractivity contribution >= 4 is 11.6 Å². The number of carbonyl (C=O) groups excluding carboxylic acids is 2. The van der Waals surface area contributed by atoms with Gasteiger partial charge in [-0.05, 0) is 17.9 Å². The first-order chi connectivity index (χ1) is 10.2. The standard InChI is InChI=1S/C17H21NO4/c1-11-4-6-12(7-5-11)13(10-18(21)22)16-14(19)8-17(2,3)9-15(16)20/h4-7,13,16H,8-10H2,1-3H3. The molecule has 0 radical (unpaired) electrons. The van der Waals surface area contributed by atoms with Gasteiger partial charge >= 0.3 is 0 Å². The third kappa shape index (κ3) is 3.59. The van der Waals surface area contributed by atoms with E-state index in [0.29, 0.717) is 18.4 Å². The highest BCUT2D eigenvalue weighted by Crippen LogP contribution is 2.39. The van der Waals surface area contributed by atoms with Crippen LogP contribution in [-0.2, 0) is 9.59 Å². The maximum atomic E-state index is 12.4. The van der Waals surface area contributed by atoms with Crippen molar-refractivity contribution in [3.8, 4) is 0 Å². The van der Waals surface area contributed by atoms with E-state index in [4.69, 9.17) is 0 Å². The fraction of sp³-hybridized carbons (Fsp3) is 0.529. The number of rotatable bonds is 4. The van der Waals surface area contributed by atoms with Crippen LogP contribution >= 0.6 is 0 Å². The highest BCUT2D eigenvalue weighted by atomic mass is 16.6. The normalized spacial score (nSPS) is 20.0. The number of benzene rings is 1. The van der Waals surface area contributed by atoms with Gasteiger partial charge in [-0.15, -0.1) is 0 Å². The first kappa shape index (κ1) is 16.3. The highest BCUT2D eigenvalue weighted by molar-refractivity contribution is 6.06. The van der Waals surface area contributed by atoms with E-state index >= 15 is 0 Å². The molecule has 1 unspecified atom stereocenters. The second-order valence-corrected chi connectivity index (χ2v) is 6.96. The molecule has 0 aliphatic heterocycles. The summed E-state index contributed by atoms with van der Waals surface area (Å²) in [5.74, 6) is -1.91. The molecule has 118 valence electrons. The lowest BCUT2D eigenvalue weighted by Crippen LogP contribution is -2.42. The number of Topliss-reactive ketones (excluding diaryl/α,β-unsaturated/α-hetero) is 2. The van der Waals surface area contributed by atoms with E-state index in [1.807, 2.05) is 32.9 Å². The van der Waals surface area contributed by atoms with Gasteiger partial charge in [-0.25, -0.2) is 0 Å². The van der Waals surface area contributed by atoms with Gasteiger partial charge in [0.1, 0.15) is 11.6 Å². The van der Waals surface area contributed by atoms with Crippen LogP contribution in [0.5, 0.6) is 0 Å². The lowest BCUT2D eigenvalue weighted by atomic mass is 9.66. The maximum absolute atomic E-state index is 12.4. The van der Waals surface area contributed by atoms with Crippen molar-refractivity contribution in [1.29, 1.82) is 0 Å². The van der Waals surface area contributed by atoms with Gasteiger partial charge in [0.15, 0.2) is 0 Å². The summed E-state index contributed by atoms with van der Waals surface area (Å²) in [6.07, 6.45) is 0.590. The van der Waals surface area contributed by atoms with Crippen molar-refractivity contribution in [3.63, 3.8) is 0 Å². The van der Waals surface area contributed by atoms with Crippen molar-refractivity contribution in [3.05, 3.63) is 45.5 Å². The van der Waals surface area contributed by atoms with Crippen molar-refractivity contribution in [2.24, 2.45) is 11.3 Å². The molecule has 1 aliphatic carbocycles. The second kappa shape index (κ2) is 5.99. The van der Waals surface area contributed by atoms with E-state index in [2.05, 4.69) is 0 Å². The molecule has 1 aromatic rings. The summed E-state index contributed by atoms with van der Waals surface area (Å²) in [5, 5.41) is 11.0. The number of hydrogen-bond donors (Lipinski definition) is 0. The van der Waals surface area contributed by atoms with Gasteiger partial charge in [0.2, 0.25) is 6.54 Å². The molecule has 2 rings (SSSR count). The summed E-state index contributed by atoms with van der Waals surface area (Å²) in [6, 6.07) is 7.27. The van der Waals surface area contributed by atoms with Gasteiger partial charge in [0, 0.05) is 17.8 Å². The Labute approximate surface area is 129 Å². The molecular weight excluding hydrogens is 282 g/mol. The zero-order valence-electron chi connectivity index (χ0n) is 13.2. The Morgan fingerprint density at radius 1 is 1.18 bits per heavy atom. The Morgan fingerprint density at radius 2 is 1.68 bits per heavy atom. The Kier molecular flexibility index (Phi) is 4.44. The SMILES string of the molecule is Cc1ccc(C(C[N+](=O)[O-])C2C(=O)CC(C)(C)CC2=O)cc1. The summed E-state index contributed by atoms with van der Waals surface area (Å²) in [4.78, 5) is 35.5. The van der Waals surface area contributed by atoms with E-state index in [1.165, 1.54) is 0 Å². The molecule has 0 amide bonds. The molecule has 0 saturated heterocycles. The third-order valence-electron chi connectivity index (χ3n) is 4.25. The number of ketones is 2. The Bertz CT molecular complexity index is 584. The van der Waals surface area contributed by atoms with Gasteiger partial charge < -0.3 is 0 Å². The van der Waals surface area contributed by atoms with E-state index in [1.54, 1.807) is 12.1 Å². The molecule has 1 aromatic carbocycles. The molecule has 0 spiro atoms. The predicted molar refractivity (Wildman–Crippen MR) is 82.3 cm³/mol. The predicted octanol–water partition coefficient (Wildman–Crippen LogP) is 2.93. The highest BCUT2D eigenvalue weighted by Gasteiger charge is 2.45. The Hall–Kier alpha value is -2.04. The Balaban J connectivity index is 2.37. The second-order valence-electron chi connectivity index (χ2n) is 6.96. The van der Waals surface area contributed by atoms with Crippen LogP contribution in [0.15, 0.2) is 24.3 Å². The van der Waals surface area contributed by atoms with Crippen molar-refractivity contribution < 1.29 is 14.5 Å². The number of nitro groups is 1. The summed E-state index contributed by atoms with van der Waals surface area (Å²) < 4.78 is 0. The van der Waals surface area contributed by atoms with E-state index in [0.717, 1.165) is 5.56 Å². The lowest BCUT2D eigenvalue weighted by Gasteiger charge is -2.34. The first-order valence-electron chi connectivity index (χ1n) is 7.43. The number of hydrogen-bond acceptors (Lipinski definition) is 4. The van der Waals surface area contributed by atoms with E-state index in [9.17, 15) is 19.7 Å². The monoisotopic (exact) mass is 303 g/mol. The lowest BCUT2D eigenvalue weighted by molar-refractivity contribution is -0.484. The third-order valence-corrected chi connectivity index (χ3v) is 4.25. The van der Waals surface area contributed by atoms with Gasteiger partial charge in [-0.3, -0.25) is 19.7 Å². The minimum absolute atomic E-state index is 0.173. The van der Waals surface area contributed by atoms with Crippen LogP contribution in [0, 0.1) is 28.4 Å². The van der Waals surface area contributed by atoms with E-state index < -0.39 is 23.3 Å². The first-order valence-corrected chi connectivity index (χ1v) is 7.43. The molecule has 5 heteroatoms. The van der Waals surface area contributed by atoms with Crippen LogP contribution in [0.4, 0.5) is 0 Å². The van der Waals surface area contributed by atoms with Gasteiger partial charge in [0.05, 0.1) is 11.8 Å². The van der Waals surface area contributed by atoms with Crippen LogP contribution in [0.25, 0.3) is 0 Å². The molecule has 0 N–H and O–H groups in total. The molecule has 0 bridgehead atoms. The summed E-state index contributed by atoms with van der Waals surface area (Å²) in [7, 11) is 0. The molecule has 1 saturated carbocycles. The van der Waals surface area contributed by atoms with Crippen molar-refractivity contribution in [2.75, 3.05) is 6.54 Å². The fourth-order valence-electron chi connectivity index (χ4n) is 3.23. The number of aryl methyl sites for hydroxylation is 1. The zero-order valence-corrected chi connectivity index (χ0v) is 13.2. The van der Waals surface area contributed by atoms with Gasteiger partial charge in [-0.2, -0.15) is 0 Å². The quantitative estimate of drug-likeness (QED) is 0.487. The van der Waals surface area contributed by atoms with Crippen LogP contribution < -0.4 is 0 Å². The van der Waals surface area contributed by atoms with E-state index in [-0.39, 0.29) is 17.0 Å². The Morgan fingerprint density at radius 3 is 2.14 bits per heavy atom.